The number of carbonyl (C=O) groups is 1. The predicted molar refractivity (Wildman–Crippen MR) is 102 cm³/mol. The number of methoxy groups -OCH3 is 1. The van der Waals surface area contributed by atoms with Crippen molar-refractivity contribution in [2.24, 2.45) is 4.99 Å². The molecule has 0 saturated heterocycles. The quantitative estimate of drug-likeness (QED) is 0.742. The van der Waals surface area contributed by atoms with Gasteiger partial charge < -0.3 is 9.64 Å². The van der Waals surface area contributed by atoms with Crippen molar-refractivity contribution in [1.29, 1.82) is 0 Å². The average molecular weight is 350 g/mol. The van der Waals surface area contributed by atoms with Crippen molar-refractivity contribution in [3.63, 3.8) is 0 Å². The van der Waals surface area contributed by atoms with Crippen molar-refractivity contribution in [3.05, 3.63) is 70.4 Å². The normalized spacial score (nSPS) is 19.6. The van der Waals surface area contributed by atoms with Gasteiger partial charge in [-0.1, -0.05) is 54.2 Å². The molecule has 5 heteroatoms. The Hall–Kier alpha value is -2.53. The molecule has 0 spiro atoms. The number of thioether (sulfide) groups is 1. The van der Waals surface area contributed by atoms with Gasteiger partial charge in [-0.05, 0) is 35.6 Å². The number of aliphatic imine (C=N–C) groups is 1. The van der Waals surface area contributed by atoms with E-state index in [1.54, 1.807) is 11.8 Å². The fraction of sp³-hybridized carbons (Fsp3) is 0.200. The second-order valence-electron chi connectivity index (χ2n) is 6.10. The Morgan fingerprint density at radius 2 is 1.92 bits per heavy atom. The van der Waals surface area contributed by atoms with Crippen LogP contribution in [0.3, 0.4) is 0 Å². The Bertz CT molecular complexity index is 969. The van der Waals surface area contributed by atoms with E-state index in [0.717, 1.165) is 27.2 Å². The van der Waals surface area contributed by atoms with E-state index in [0.29, 0.717) is 11.3 Å². The molecule has 1 atom stereocenters. The topological polar surface area (TPSA) is 41.9 Å². The second-order valence-corrected chi connectivity index (χ2v) is 6.94. The van der Waals surface area contributed by atoms with Crippen LogP contribution < -0.4 is 0 Å². The van der Waals surface area contributed by atoms with Crippen LogP contribution in [-0.4, -0.2) is 23.1 Å². The predicted octanol–water partition coefficient (Wildman–Crippen LogP) is 4.61. The summed E-state index contributed by atoms with van der Waals surface area (Å²) in [5.41, 5.74) is 3.47. The number of esters is 1. The lowest BCUT2D eigenvalue weighted by Gasteiger charge is -2.36. The maximum absolute atomic E-state index is 12.6. The summed E-state index contributed by atoms with van der Waals surface area (Å²) in [6.45, 7) is 3.92. The van der Waals surface area contributed by atoms with Gasteiger partial charge in [0.1, 0.15) is 0 Å². The first-order chi connectivity index (χ1) is 12.1. The first kappa shape index (κ1) is 16.0. The molecule has 1 unspecified atom stereocenters. The van der Waals surface area contributed by atoms with E-state index < -0.39 is 0 Å². The molecular weight excluding hydrogens is 332 g/mol. The van der Waals surface area contributed by atoms with Crippen molar-refractivity contribution in [3.8, 4) is 0 Å². The van der Waals surface area contributed by atoms with Crippen LogP contribution >= 0.6 is 11.8 Å². The molecule has 126 valence electrons. The van der Waals surface area contributed by atoms with Gasteiger partial charge in [0.05, 0.1) is 24.4 Å². The van der Waals surface area contributed by atoms with Gasteiger partial charge >= 0.3 is 5.97 Å². The standard InChI is InChI=1S/C20H18N2O2S/c1-12-11-25-20-21-13(2)17(19(23)24-3)18(22(12)20)16-10-6-8-14-7-4-5-9-15(14)16/h4-11,18H,1-3H3. The molecule has 0 fully saturated rings. The third-order valence-corrected chi connectivity index (χ3v) is 5.59. The van der Waals surface area contributed by atoms with E-state index in [1.165, 1.54) is 7.11 Å². The number of ether oxygens (including phenoxy) is 1. The van der Waals surface area contributed by atoms with E-state index >= 15 is 0 Å². The van der Waals surface area contributed by atoms with E-state index in [4.69, 9.17) is 4.74 Å². The fourth-order valence-corrected chi connectivity index (χ4v) is 4.42. The van der Waals surface area contributed by atoms with Gasteiger partial charge in [-0.15, -0.1) is 0 Å². The van der Waals surface area contributed by atoms with Crippen LogP contribution in [0, 0.1) is 0 Å². The number of hydrogen-bond acceptors (Lipinski definition) is 5. The highest BCUT2D eigenvalue weighted by molar-refractivity contribution is 8.16. The summed E-state index contributed by atoms with van der Waals surface area (Å²) in [5.74, 6) is -0.331. The van der Waals surface area contributed by atoms with Crippen LogP contribution in [-0.2, 0) is 9.53 Å². The molecule has 0 amide bonds. The summed E-state index contributed by atoms with van der Waals surface area (Å²) < 4.78 is 5.09. The van der Waals surface area contributed by atoms with Gasteiger partial charge in [0.25, 0.3) is 0 Å². The number of carbonyl (C=O) groups excluding carboxylic acids is 1. The van der Waals surface area contributed by atoms with Crippen molar-refractivity contribution < 1.29 is 9.53 Å². The lowest BCUT2D eigenvalue weighted by atomic mass is 9.90. The Morgan fingerprint density at radius 3 is 2.72 bits per heavy atom. The number of benzene rings is 2. The molecule has 25 heavy (non-hydrogen) atoms. The zero-order valence-corrected chi connectivity index (χ0v) is 15.1. The zero-order chi connectivity index (χ0) is 17.6. The number of nitrogens with zero attached hydrogens (tertiary/aromatic N) is 2. The van der Waals surface area contributed by atoms with Crippen LogP contribution in [0.1, 0.15) is 25.5 Å². The highest BCUT2D eigenvalue weighted by atomic mass is 32.2. The minimum absolute atomic E-state index is 0.239. The Labute approximate surface area is 150 Å². The average Bonchev–Trinajstić information content (AvgIpc) is 3.00. The smallest absolute Gasteiger partial charge is 0.338 e. The van der Waals surface area contributed by atoms with Crippen molar-refractivity contribution in [1.82, 2.24) is 4.90 Å². The molecule has 0 bridgehead atoms. The van der Waals surface area contributed by atoms with Gasteiger partial charge in [-0.3, -0.25) is 0 Å². The second kappa shape index (κ2) is 6.08. The third-order valence-electron chi connectivity index (χ3n) is 4.63. The van der Waals surface area contributed by atoms with Gasteiger partial charge in [0.15, 0.2) is 5.17 Å². The van der Waals surface area contributed by atoms with E-state index in [-0.39, 0.29) is 12.0 Å². The van der Waals surface area contributed by atoms with E-state index in [1.807, 2.05) is 32.0 Å². The molecule has 2 aromatic carbocycles. The molecule has 4 rings (SSSR count). The molecule has 0 saturated carbocycles. The van der Waals surface area contributed by atoms with Crippen molar-refractivity contribution in [2.45, 2.75) is 19.9 Å². The van der Waals surface area contributed by atoms with Crippen molar-refractivity contribution in [2.75, 3.05) is 7.11 Å². The number of fused-ring (bicyclic) bond motifs is 2. The van der Waals surface area contributed by atoms with Gasteiger partial charge in [-0.2, -0.15) is 0 Å². The minimum atomic E-state index is -0.331. The van der Waals surface area contributed by atoms with Gasteiger partial charge in [-0.25, -0.2) is 9.79 Å². The van der Waals surface area contributed by atoms with Gasteiger partial charge in [0.2, 0.25) is 0 Å². The Balaban J connectivity index is 1.99. The fourth-order valence-electron chi connectivity index (χ4n) is 3.48. The number of rotatable bonds is 2. The summed E-state index contributed by atoms with van der Waals surface area (Å²) in [6, 6.07) is 14.2. The Kier molecular flexibility index (Phi) is 3.88. The monoisotopic (exact) mass is 350 g/mol. The molecule has 0 aromatic heterocycles. The highest BCUT2D eigenvalue weighted by Crippen LogP contribution is 2.45. The molecule has 2 aliphatic heterocycles. The maximum Gasteiger partial charge on any atom is 0.338 e. The molecule has 2 aliphatic rings. The van der Waals surface area contributed by atoms with Crippen LogP contribution in [0.4, 0.5) is 0 Å². The van der Waals surface area contributed by atoms with Gasteiger partial charge in [0, 0.05) is 5.70 Å². The maximum atomic E-state index is 12.6. The third kappa shape index (κ3) is 2.46. The molecule has 0 aliphatic carbocycles. The molecular formula is C20H18N2O2S. The number of allylic oxidation sites excluding steroid dienone is 2. The summed E-state index contributed by atoms with van der Waals surface area (Å²) in [7, 11) is 1.42. The zero-order valence-electron chi connectivity index (χ0n) is 14.3. The SMILES string of the molecule is COC(=O)C1=C(C)N=C2SC=C(C)N2C1c1cccc2ccccc12. The van der Waals surface area contributed by atoms with Crippen LogP contribution in [0.5, 0.6) is 0 Å². The van der Waals surface area contributed by atoms with Crippen LogP contribution in [0.15, 0.2) is 69.8 Å². The summed E-state index contributed by atoms with van der Waals surface area (Å²) >= 11 is 1.59. The van der Waals surface area contributed by atoms with E-state index in [9.17, 15) is 4.79 Å². The lowest BCUT2D eigenvalue weighted by Crippen LogP contribution is -2.36. The summed E-state index contributed by atoms with van der Waals surface area (Å²) in [6.07, 6.45) is 0. The lowest BCUT2D eigenvalue weighted by molar-refractivity contribution is -0.136. The molecule has 4 nitrogen and oxygen atoms in total. The summed E-state index contributed by atoms with van der Waals surface area (Å²) in [4.78, 5) is 19.4. The summed E-state index contributed by atoms with van der Waals surface area (Å²) in [5, 5.41) is 5.26. The van der Waals surface area contributed by atoms with Crippen LogP contribution in [0.2, 0.25) is 0 Å². The number of hydrogen-bond donors (Lipinski definition) is 0. The molecule has 2 aromatic rings. The van der Waals surface area contributed by atoms with Crippen LogP contribution in [0.25, 0.3) is 10.8 Å². The molecule has 0 radical (unpaired) electrons. The first-order valence-electron chi connectivity index (χ1n) is 8.10. The largest absolute Gasteiger partial charge is 0.466 e. The van der Waals surface area contributed by atoms with E-state index in [2.05, 4.69) is 39.6 Å². The molecule has 2 heterocycles. The number of amidine groups is 1. The Morgan fingerprint density at radius 1 is 1.16 bits per heavy atom. The van der Waals surface area contributed by atoms with Crippen molar-refractivity contribution >= 4 is 33.7 Å². The first-order valence-corrected chi connectivity index (χ1v) is 8.98. The molecule has 0 N–H and O–H groups in total. The highest BCUT2D eigenvalue weighted by Gasteiger charge is 2.39. The minimum Gasteiger partial charge on any atom is -0.466 e.